The van der Waals surface area contributed by atoms with Gasteiger partial charge in [-0.15, -0.1) is 0 Å². The second kappa shape index (κ2) is 7.64. The SMILES string of the molecule is Cc1ccc2oc(-c3ccc(C(=O)Nc4ccc(Br)cc4F)cc3)cc(=O)c2c1. The molecule has 0 fully saturated rings. The minimum atomic E-state index is -0.530. The van der Waals surface area contributed by atoms with E-state index in [0.29, 0.717) is 32.3 Å². The zero-order chi connectivity index (χ0) is 20.5. The van der Waals surface area contributed by atoms with Gasteiger partial charge in [0.25, 0.3) is 5.91 Å². The minimum absolute atomic E-state index is 0.0955. The smallest absolute Gasteiger partial charge is 0.255 e. The fraction of sp³-hybridized carbons (Fsp3) is 0.0435. The van der Waals surface area contributed by atoms with Crippen molar-refractivity contribution in [1.29, 1.82) is 0 Å². The maximum Gasteiger partial charge on any atom is 0.255 e. The molecule has 0 aliphatic heterocycles. The highest BCUT2D eigenvalue weighted by Gasteiger charge is 2.12. The Morgan fingerprint density at radius 2 is 1.76 bits per heavy atom. The van der Waals surface area contributed by atoms with Crippen molar-refractivity contribution in [2.75, 3.05) is 5.32 Å². The number of aryl methyl sites for hydroxylation is 1. The van der Waals surface area contributed by atoms with Gasteiger partial charge in [0.1, 0.15) is 17.2 Å². The number of rotatable bonds is 3. The van der Waals surface area contributed by atoms with Crippen molar-refractivity contribution in [2.24, 2.45) is 0 Å². The van der Waals surface area contributed by atoms with Crippen molar-refractivity contribution >= 4 is 38.5 Å². The fourth-order valence-electron chi connectivity index (χ4n) is 2.98. The Balaban J connectivity index is 1.60. The highest BCUT2D eigenvalue weighted by atomic mass is 79.9. The summed E-state index contributed by atoms with van der Waals surface area (Å²) in [5, 5.41) is 3.07. The molecule has 6 heteroatoms. The van der Waals surface area contributed by atoms with E-state index in [-0.39, 0.29) is 11.1 Å². The molecular formula is C23H15BrFNO3. The molecule has 0 bridgehead atoms. The van der Waals surface area contributed by atoms with Crippen molar-refractivity contribution in [3.63, 3.8) is 0 Å². The first-order valence-electron chi connectivity index (χ1n) is 8.82. The number of benzene rings is 3. The molecule has 0 unspecified atom stereocenters. The standard InChI is InChI=1S/C23H15BrFNO3/c1-13-2-9-21-17(10-13)20(27)12-22(29-21)14-3-5-15(6-4-14)23(28)26-19-8-7-16(24)11-18(19)25/h2-12H,1H3,(H,26,28). The summed E-state index contributed by atoms with van der Waals surface area (Å²) in [4.78, 5) is 24.8. The van der Waals surface area contributed by atoms with Crippen LogP contribution in [0.15, 0.2) is 80.4 Å². The molecule has 0 radical (unpaired) electrons. The number of fused-ring (bicyclic) bond motifs is 1. The number of nitrogens with one attached hydrogen (secondary N) is 1. The van der Waals surface area contributed by atoms with E-state index in [9.17, 15) is 14.0 Å². The van der Waals surface area contributed by atoms with Gasteiger partial charge < -0.3 is 9.73 Å². The molecule has 1 heterocycles. The number of halogens is 2. The molecule has 1 aromatic heterocycles. The zero-order valence-corrected chi connectivity index (χ0v) is 16.9. The molecule has 1 N–H and O–H groups in total. The van der Waals surface area contributed by atoms with Crippen LogP contribution in [0.5, 0.6) is 0 Å². The van der Waals surface area contributed by atoms with Crippen molar-refractivity contribution in [3.8, 4) is 11.3 Å². The lowest BCUT2D eigenvalue weighted by atomic mass is 10.1. The first-order chi connectivity index (χ1) is 13.9. The molecule has 0 atom stereocenters. The Hall–Kier alpha value is -3.25. The molecule has 0 saturated carbocycles. The highest BCUT2D eigenvalue weighted by molar-refractivity contribution is 9.10. The molecule has 0 aliphatic carbocycles. The number of carbonyl (C=O) groups is 1. The molecule has 0 spiro atoms. The van der Waals surface area contributed by atoms with Crippen LogP contribution in [0.25, 0.3) is 22.3 Å². The van der Waals surface area contributed by atoms with Crippen molar-refractivity contribution in [2.45, 2.75) is 6.92 Å². The van der Waals surface area contributed by atoms with Gasteiger partial charge >= 0.3 is 0 Å². The topological polar surface area (TPSA) is 59.3 Å². The summed E-state index contributed by atoms with van der Waals surface area (Å²) in [7, 11) is 0. The zero-order valence-electron chi connectivity index (χ0n) is 15.3. The number of anilines is 1. The Kier molecular flexibility index (Phi) is 5.03. The third-order valence-electron chi connectivity index (χ3n) is 4.49. The molecular weight excluding hydrogens is 437 g/mol. The van der Waals surface area contributed by atoms with Gasteiger partial charge in [-0.2, -0.15) is 0 Å². The minimum Gasteiger partial charge on any atom is -0.456 e. The van der Waals surface area contributed by atoms with Crippen LogP contribution in [-0.4, -0.2) is 5.91 Å². The Morgan fingerprint density at radius 1 is 1.00 bits per heavy atom. The summed E-state index contributed by atoms with van der Waals surface area (Å²) in [6.45, 7) is 1.91. The molecule has 144 valence electrons. The van der Waals surface area contributed by atoms with Crippen LogP contribution in [0.1, 0.15) is 15.9 Å². The van der Waals surface area contributed by atoms with Crippen molar-refractivity contribution in [3.05, 3.63) is 98.4 Å². The number of hydrogen-bond acceptors (Lipinski definition) is 3. The Bertz CT molecular complexity index is 1300. The summed E-state index contributed by atoms with van der Waals surface area (Å²) in [6.07, 6.45) is 0. The van der Waals surface area contributed by atoms with Gasteiger partial charge in [-0.1, -0.05) is 39.7 Å². The van der Waals surface area contributed by atoms with Crippen LogP contribution in [0, 0.1) is 12.7 Å². The van der Waals surface area contributed by atoms with E-state index < -0.39 is 11.7 Å². The van der Waals surface area contributed by atoms with E-state index in [0.717, 1.165) is 5.56 Å². The first-order valence-corrected chi connectivity index (χ1v) is 9.61. The molecule has 3 aromatic carbocycles. The van der Waals surface area contributed by atoms with Gasteiger partial charge in [-0.25, -0.2) is 4.39 Å². The molecule has 4 nitrogen and oxygen atoms in total. The molecule has 1 amide bonds. The van der Waals surface area contributed by atoms with Crippen LogP contribution < -0.4 is 10.7 Å². The number of amides is 1. The molecule has 0 aliphatic rings. The van der Waals surface area contributed by atoms with Crippen LogP contribution in [0.3, 0.4) is 0 Å². The second-order valence-corrected chi connectivity index (χ2v) is 7.55. The number of carbonyl (C=O) groups excluding carboxylic acids is 1. The van der Waals surface area contributed by atoms with Gasteiger partial charge in [0.05, 0.1) is 11.1 Å². The third kappa shape index (κ3) is 3.98. The summed E-state index contributed by atoms with van der Waals surface area (Å²) in [6, 6.07) is 17.9. The van der Waals surface area contributed by atoms with E-state index in [2.05, 4.69) is 21.2 Å². The third-order valence-corrected chi connectivity index (χ3v) is 4.99. The van der Waals surface area contributed by atoms with E-state index >= 15 is 0 Å². The maximum absolute atomic E-state index is 13.9. The summed E-state index contributed by atoms with van der Waals surface area (Å²) < 4.78 is 20.4. The van der Waals surface area contributed by atoms with E-state index in [1.807, 2.05) is 13.0 Å². The van der Waals surface area contributed by atoms with Gasteiger partial charge in [-0.3, -0.25) is 9.59 Å². The highest BCUT2D eigenvalue weighted by Crippen LogP contribution is 2.24. The normalized spacial score (nSPS) is 10.9. The van der Waals surface area contributed by atoms with Crippen LogP contribution >= 0.6 is 15.9 Å². The molecule has 4 aromatic rings. The Labute approximate surface area is 174 Å². The predicted molar refractivity (Wildman–Crippen MR) is 115 cm³/mol. The van der Waals surface area contributed by atoms with E-state index in [4.69, 9.17) is 4.42 Å². The average molecular weight is 452 g/mol. The van der Waals surface area contributed by atoms with Gasteiger partial charge in [0.2, 0.25) is 0 Å². The maximum atomic E-state index is 13.9. The fourth-order valence-corrected chi connectivity index (χ4v) is 3.32. The van der Waals surface area contributed by atoms with Gasteiger partial charge in [0, 0.05) is 21.7 Å². The summed E-state index contributed by atoms with van der Waals surface area (Å²) >= 11 is 3.18. The lowest BCUT2D eigenvalue weighted by molar-refractivity contribution is 0.102. The lowest BCUT2D eigenvalue weighted by Crippen LogP contribution is -2.12. The van der Waals surface area contributed by atoms with Crippen LogP contribution in [0.2, 0.25) is 0 Å². The second-order valence-electron chi connectivity index (χ2n) is 6.63. The monoisotopic (exact) mass is 451 g/mol. The van der Waals surface area contributed by atoms with Gasteiger partial charge in [-0.05, 0) is 49.4 Å². The predicted octanol–water partition coefficient (Wildman–Crippen LogP) is 5.92. The average Bonchev–Trinajstić information content (AvgIpc) is 2.70. The van der Waals surface area contributed by atoms with Gasteiger partial charge in [0.15, 0.2) is 5.43 Å². The van der Waals surface area contributed by atoms with E-state index in [1.165, 1.54) is 18.2 Å². The Morgan fingerprint density at radius 3 is 2.48 bits per heavy atom. The van der Waals surface area contributed by atoms with Crippen LogP contribution in [-0.2, 0) is 0 Å². The van der Waals surface area contributed by atoms with Crippen molar-refractivity contribution < 1.29 is 13.6 Å². The summed E-state index contributed by atoms with van der Waals surface area (Å²) in [5.74, 6) is -0.553. The van der Waals surface area contributed by atoms with E-state index in [1.54, 1.807) is 42.5 Å². The van der Waals surface area contributed by atoms with Crippen molar-refractivity contribution in [1.82, 2.24) is 0 Å². The lowest BCUT2D eigenvalue weighted by Gasteiger charge is -2.08. The largest absolute Gasteiger partial charge is 0.456 e. The molecule has 0 saturated heterocycles. The molecule has 4 rings (SSSR count). The number of hydrogen-bond donors (Lipinski definition) is 1. The first kappa shape index (κ1) is 19.1. The van der Waals surface area contributed by atoms with Crippen LogP contribution in [0.4, 0.5) is 10.1 Å². The quantitative estimate of drug-likeness (QED) is 0.420. The molecule has 29 heavy (non-hydrogen) atoms. The summed E-state index contributed by atoms with van der Waals surface area (Å²) in [5.41, 5.74) is 2.47.